The molecule has 1 aromatic carbocycles. The van der Waals surface area contributed by atoms with Crippen LogP contribution in [0.1, 0.15) is 29.9 Å². The molecule has 24 heavy (non-hydrogen) atoms. The zero-order chi connectivity index (χ0) is 15.8. The first-order valence-corrected chi connectivity index (χ1v) is 9.09. The summed E-state index contributed by atoms with van der Waals surface area (Å²) in [6.07, 6.45) is 4.52. The summed E-state index contributed by atoms with van der Waals surface area (Å²) < 4.78 is 11.2. The van der Waals surface area contributed by atoms with Crippen LogP contribution in [-0.2, 0) is 6.54 Å². The van der Waals surface area contributed by atoms with E-state index in [9.17, 15) is 5.11 Å². The largest absolute Gasteiger partial charge is 0.454 e. The molecule has 5 atom stereocenters. The maximum atomic E-state index is 10.6. The number of ether oxygens (including phenoxy) is 2. The van der Waals surface area contributed by atoms with Crippen LogP contribution in [0, 0.1) is 5.92 Å². The van der Waals surface area contributed by atoms with E-state index in [4.69, 9.17) is 9.47 Å². The zero-order valence-corrected chi connectivity index (χ0v) is 13.6. The fourth-order valence-electron chi connectivity index (χ4n) is 5.65. The van der Waals surface area contributed by atoms with Crippen molar-refractivity contribution in [3.63, 3.8) is 0 Å². The van der Waals surface area contributed by atoms with Gasteiger partial charge < -0.3 is 19.9 Å². The fourth-order valence-corrected chi connectivity index (χ4v) is 5.65. The van der Waals surface area contributed by atoms with Gasteiger partial charge in [-0.2, -0.15) is 0 Å². The minimum Gasteiger partial charge on any atom is -0.454 e. The van der Waals surface area contributed by atoms with Gasteiger partial charge in [-0.15, -0.1) is 0 Å². The van der Waals surface area contributed by atoms with E-state index in [1.54, 1.807) is 0 Å². The smallest absolute Gasteiger partial charge is 0.231 e. The van der Waals surface area contributed by atoms with Crippen molar-refractivity contribution in [3.05, 3.63) is 34.9 Å². The van der Waals surface area contributed by atoms with Crippen molar-refractivity contribution in [2.75, 3.05) is 19.9 Å². The molecule has 1 aliphatic carbocycles. The number of aliphatic hydroxyl groups excluding tert-OH is 1. The number of piperidine rings is 1. The molecule has 6 rings (SSSR count). The first kappa shape index (κ1) is 13.7. The fraction of sp³-hybridized carbons (Fsp3) is 0.579. The number of nitrogens with zero attached hydrogens (tertiary/aromatic N) is 1. The minimum absolute atomic E-state index is 0.311. The molecule has 2 N–H and O–H groups in total. The van der Waals surface area contributed by atoms with Crippen LogP contribution in [0.4, 0.5) is 0 Å². The van der Waals surface area contributed by atoms with Crippen molar-refractivity contribution in [2.24, 2.45) is 5.92 Å². The summed E-state index contributed by atoms with van der Waals surface area (Å²) in [5.74, 6) is 2.67. The average molecular weight is 326 g/mol. The second kappa shape index (κ2) is 4.75. The Morgan fingerprint density at radius 3 is 3.00 bits per heavy atom. The molecule has 0 saturated carbocycles. The third kappa shape index (κ3) is 1.70. The van der Waals surface area contributed by atoms with Crippen LogP contribution < -0.4 is 14.8 Å². The van der Waals surface area contributed by atoms with E-state index in [-0.39, 0.29) is 6.10 Å². The molecular weight excluding hydrogens is 304 g/mol. The monoisotopic (exact) mass is 326 g/mol. The highest BCUT2D eigenvalue weighted by Gasteiger charge is 2.52. The number of rotatable bonds is 0. The van der Waals surface area contributed by atoms with Gasteiger partial charge >= 0.3 is 0 Å². The number of hydrogen-bond acceptors (Lipinski definition) is 5. The van der Waals surface area contributed by atoms with Crippen LogP contribution in [0.15, 0.2) is 23.8 Å². The molecule has 0 unspecified atom stereocenters. The topological polar surface area (TPSA) is 54.0 Å². The van der Waals surface area contributed by atoms with Crippen molar-refractivity contribution in [3.8, 4) is 11.5 Å². The van der Waals surface area contributed by atoms with Gasteiger partial charge in [-0.25, -0.2) is 0 Å². The first-order chi connectivity index (χ1) is 11.8. The van der Waals surface area contributed by atoms with Gasteiger partial charge in [-0.3, -0.25) is 4.90 Å². The molecule has 5 heteroatoms. The Kier molecular flexibility index (Phi) is 2.71. The van der Waals surface area contributed by atoms with E-state index in [1.165, 1.54) is 29.5 Å². The Bertz CT molecular complexity index is 746. The number of hydrogen-bond donors (Lipinski definition) is 2. The molecular formula is C19H22N2O3. The van der Waals surface area contributed by atoms with Crippen LogP contribution in [0.5, 0.6) is 11.5 Å². The maximum Gasteiger partial charge on any atom is 0.231 e. The van der Waals surface area contributed by atoms with Crippen molar-refractivity contribution in [1.29, 1.82) is 0 Å². The average Bonchev–Trinajstić information content (AvgIpc) is 3.17. The number of benzene rings is 1. The second-order valence-corrected chi connectivity index (χ2v) is 7.77. The quantitative estimate of drug-likeness (QED) is 0.705. The van der Waals surface area contributed by atoms with Gasteiger partial charge in [0.2, 0.25) is 6.79 Å². The lowest BCUT2D eigenvalue weighted by molar-refractivity contribution is 0.142. The Morgan fingerprint density at radius 1 is 1.21 bits per heavy atom. The van der Waals surface area contributed by atoms with Gasteiger partial charge in [0.15, 0.2) is 11.5 Å². The van der Waals surface area contributed by atoms with E-state index in [0.29, 0.717) is 30.7 Å². The minimum atomic E-state index is -0.311. The predicted octanol–water partition coefficient (Wildman–Crippen LogP) is 1.37. The Labute approximate surface area is 141 Å². The number of aliphatic hydroxyl groups is 1. The third-order valence-electron chi connectivity index (χ3n) is 6.58. The zero-order valence-electron chi connectivity index (χ0n) is 13.6. The molecule has 4 heterocycles. The molecule has 4 aliphatic heterocycles. The van der Waals surface area contributed by atoms with Crippen LogP contribution in [0.2, 0.25) is 0 Å². The molecule has 2 fully saturated rings. The van der Waals surface area contributed by atoms with Gasteiger partial charge in [0.25, 0.3) is 0 Å². The molecule has 0 radical (unpaired) electrons. The van der Waals surface area contributed by atoms with E-state index in [1.807, 2.05) is 0 Å². The van der Waals surface area contributed by atoms with Crippen LogP contribution >= 0.6 is 0 Å². The lowest BCUT2D eigenvalue weighted by atomic mass is 9.67. The summed E-state index contributed by atoms with van der Waals surface area (Å²) >= 11 is 0. The van der Waals surface area contributed by atoms with Gasteiger partial charge in [-0.1, -0.05) is 6.08 Å². The van der Waals surface area contributed by atoms with Crippen molar-refractivity contribution in [2.45, 2.75) is 43.5 Å². The Morgan fingerprint density at radius 2 is 2.08 bits per heavy atom. The standard InChI is InChI=1S/C19H22N2O3/c22-14-8-21-7-11-5-15-16(24-9-23-15)6-12(11)17-18-10(2-1-3-20-18)4-13(14)19(17)21/h4-6,10,14,17-20,22H,1-3,7-9H2/t10-,14+,17+,18-,19+/m0/s1. The highest BCUT2D eigenvalue weighted by atomic mass is 16.7. The van der Waals surface area contributed by atoms with Crippen molar-refractivity contribution < 1.29 is 14.6 Å². The highest BCUT2D eigenvalue weighted by molar-refractivity contribution is 5.54. The molecule has 0 aromatic heterocycles. The lowest BCUT2D eigenvalue weighted by Crippen LogP contribution is -2.55. The number of nitrogens with one attached hydrogen (secondary N) is 1. The molecule has 5 aliphatic rings. The molecule has 2 saturated heterocycles. The van der Waals surface area contributed by atoms with Gasteiger partial charge in [0.05, 0.1) is 6.10 Å². The molecule has 5 nitrogen and oxygen atoms in total. The summed E-state index contributed by atoms with van der Waals surface area (Å²) in [7, 11) is 0. The van der Waals surface area contributed by atoms with Crippen molar-refractivity contribution >= 4 is 0 Å². The van der Waals surface area contributed by atoms with E-state index >= 15 is 0 Å². The van der Waals surface area contributed by atoms with Crippen LogP contribution in [-0.4, -0.2) is 48.1 Å². The summed E-state index contributed by atoms with van der Waals surface area (Å²) in [6, 6.07) is 5.16. The predicted molar refractivity (Wildman–Crippen MR) is 88.1 cm³/mol. The van der Waals surface area contributed by atoms with E-state index < -0.39 is 0 Å². The third-order valence-corrected chi connectivity index (χ3v) is 6.58. The molecule has 0 bridgehead atoms. The summed E-state index contributed by atoms with van der Waals surface area (Å²) in [6.45, 7) is 3.06. The van der Waals surface area contributed by atoms with Gasteiger partial charge in [0.1, 0.15) is 0 Å². The SMILES string of the molecule is O[C@@H]1CN2Cc3cc4c(cc3[C@@H]3[C@H]5NCCC[C@H]5C=C1[C@H]32)OCO4. The van der Waals surface area contributed by atoms with Gasteiger partial charge in [0, 0.05) is 31.1 Å². The van der Waals surface area contributed by atoms with Crippen LogP contribution in [0.3, 0.4) is 0 Å². The van der Waals surface area contributed by atoms with E-state index in [0.717, 1.165) is 31.1 Å². The normalized spacial score (nSPS) is 39.0. The maximum absolute atomic E-state index is 10.6. The first-order valence-electron chi connectivity index (χ1n) is 9.09. The Hall–Kier alpha value is -1.56. The van der Waals surface area contributed by atoms with Gasteiger partial charge in [-0.05, 0) is 54.1 Å². The summed E-state index contributed by atoms with van der Waals surface area (Å²) in [5, 5.41) is 14.4. The lowest BCUT2D eigenvalue weighted by Gasteiger charge is -2.49. The Balaban J connectivity index is 1.54. The second-order valence-electron chi connectivity index (χ2n) is 7.77. The summed E-state index contributed by atoms with van der Waals surface area (Å²) in [5.41, 5.74) is 3.99. The van der Waals surface area contributed by atoms with Crippen LogP contribution in [0.25, 0.3) is 0 Å². The summed E-state index contributed by atoms with van der Waals surface area (Å²) in [4.78, 5) is 2.46. The molecule has 1 aromatic rings. The molecule has 0 spiro atoms. The molecule has 0 amide bonds. The highest BCUT2D eigenvalue weighted by Crippen LogP contribution is 2.51. The molecule has 126 valence electrons. The number of fused-ring (bicyclic) bond motifs is 5. The van der Waals surface area contributed by atoms with Crippen molar-refractivity contribution in [1.82, 2.24) is 10.2 Å². The van der Waals surface area contributed by atoms with E-state index in [2.05, 4.69) is 28.4 Å².